The van der Waals surface area contributed by atoms with Crippen LogP contribution in [0.25, 0.3) is 0 Å². The fourth-order valence-electron chi connectivity index (χ4n) is 2.82. The number of rotatable bonds is 4. The predicted molar refractivity (Wildman–Crippen MR) is 86.4 cm³/mol. The number of hydrogen-bond acceptors (Lipinski definition) is 4. The van der Waals surface area contributed by atoms with Crippen LogP contribution >= 0.6 is 11.3 Å². The average molecular weight is 296 g/mol. The molecule has 0 radical (unpaired) electrons. The van der Waals surface area contributed by atoms with Gasteiger partial charge in [-0.15, -0.1) is 11.3 Å². The van der Waals surface area contributed by atoms with Crippen molar-refractivity contribution >= 4 is 11.3 Å². The minimum absolute atomic E-state index is 0.221. The van der Waals surface area contributed by atoms with Gasteiger partial charge in [-0.2, -0.15) is 0 Å². The fraction of sp³-hybridized carbons (Fsp3) is 0.750. The van der Waals surface area contributed by atoms with E-state index in [4.69, 9.17) is 10.5 Å². The second-order valence-corrected chi connectivity index (χ2v) is 7.81. The number of thiophene rings is 1. The van der Waals surface area contributed by atoms with Gasteiger partial charge in [-0.25, -0.2) is 0 Å². The summed E-state index contributed by atoms with van der Waals surface area (Å²) < 4.78 is 5.53. The number of hydrogen-bond donors (Lipinski definition) is 1. The summed E-state index contributed by atoms with van der Waals surface area (Å²) in [6.07, 6.45) is 2.73. The summed E-state index contributed by atoms with van der Waals surface area (Å²) in [6.45, 7) is 9.61. The topological polar surface area (TPSA) is 38.5 Å². The van der Waals surface area contributed by atoms with Gasteiger partial charge in [0.1, 0.15) is 0 Å². The normalized spacial score (nSPS) is 22.9. The van der Waals surface area contributed by atoms with Crippen molar-refractivity contribution in [3.8, 4) is 0 Å². The molecule has 0 saturated carbocycles. The van der Waals surface area contributed by atoms with Gasteiger partial charge in [0, 0.05) is 30.0 Å². The molecule has 20 heavy (non-hydrogen) atoms. The van der Waals surface area contributed by atoms with Crippen molar-refractivity contribution in [1.29, 1.82) is 0 Å². The van der Waals surface area contributed by atoms with E-state index in [1.54, 1.807) is 0 Å². The summed E-state index contributed by atoms with van der Waals surface area (Å²) in [5.41, 5.74) is 6.29. The van der Waals surface area contributed by atoms with Crippen LogP contribution in [0.4, 0.5) is 0 Å². The van der Waals surface area contributed by atoms with Crippen LogP contribution in [0, 0.1) is 0 Å². The SMILES string of the molecule is COC1CCCN(C(CN)c2ccc(C(C)(C)C)s2)C1. The molecule has 0 bridgehead atoms. The Balaban J connectivity index is 2.13. The molecule has 2 rings (SSSR count). The zero-order chi connectivity index (χ0) is 14.8. The molecule has 2 N–H and O–H groups in total. The lowest BCUT2D eigenvalue weighted by molar-refractivity contribution is 0.0161. The van der Waals surface area contributed by atoms with Crippen molar-refractivity contribution in [1.82, 2.24) is 4.90 Å². The molecule has 114 valence electrons. The molecule has 2 atom stereocenters. The Hall–Kier alpha value is -0.420. The van der Waals surface area contributed by atoms with Crippen LogP contribution in [0.2, 0.25) is 0 Å². The van der Waals surface area contributed by atoms with E-state index in [-0.39, 0.29) is 5.41 Å². The van der Waals surface area contributed by atoms with E-state index in [1.165, 1.54) is 22.6 Å². The standard InChI is InChI=1S/C16H28N2OS/c1-16(2,3)15-8-7-14(20-15)13(10-17)18-9-5-6-12(11-18)19-4/h7-8,12-13H,5-6,9-11,17H2,1-4H3. The minimum atomic E-state index is 0.221. The monoisotopic (exact) mass is 296 g/mol. The maximum Gasteiger partial charge on any atom is 0.0698 e. The summed E-state index contributed by atoms with van der Waals surface area (Å²) in [4.78, 5) is 5.33. The smallest absolute Gasteiger partial charge is 0.0698 e. The largest absolute Gasteiger partial charge is 0.380 e. The van der Waals surface area contributed by atoms with Gasteiger partial charge in [0.25, 0.3) is 0 Å². The van der Waals surface area contributed by atoms with Crippen LogP contribution in [-0.2, 0) is 10.2 Å². The maximum atomic E-state index is 6.07. The third-order valence-electron chi connectivity index (χ3n) is 4.10. The molecule has 2 heterocycles. The van der Waals surface area contributed by atoms with Crippen molar-refractivity contribution in [2.24, 2.45) is 5.73 Å². The Kier molecular flexibility index (Phi) is 5.24. The van der Waals surface area contributed by atoms with E-state index in [9.17, 15) is 0 Å². The van der Waals surface area contributed by atoms with Gasteiger partial charge in [0.05, 0.1) is 12.1 Å². The molecule has 1 saturated heterocycles. The van der Waals surface area contributed by atoms with Gasteiger partial charge in [0.15, 0.2) is 0 Å². The molecule has 0 aliphatic carbocycles. The maximum absolute atomic E-state index is 6.07. The molecule has 0 spiro atoms. The molecule has 3 nitrogen and oxygen atoms in total. The molecule has 1 aromatic heterocycles. The first-order valence-corrected chi connectivity index (χ1v) is 8.34. The zero-order valence-corrected chi connectivity index (χ0v) is 14.0. The lowest BCUT2D eigenvalue weighted by Crippen LogP contribution is -2.43. The summed E-state index contributed by atoms with van der Waals surface area (Å²) in [6, 6.07) is 4.87. The Morgan fingerprint density at radius 3 is 2.75 bits per heavy atom. The van der Waals surface area contributed by atoms with Gasteiger partial charge in [0.2, 0.25) is 0 Å². The summed E-state index contributed by atoms with van der Waals surface area (Å²) in [5, 5.41) is 0. The van der Waals surface area contributed by atoms with Crippen LogP contribution in [0.1, 0.15) is 49.4 Å². The molecule has 4 heteroatoms. The van der Waals surface area contributed by atoms with Crippen LogP contribution in [0.5, 0.6) is 0 Å². The van der Waals surface area contributed by atoms with Crippen LogP contribution in [-0.4, -0.2) is 37.7 Å². The summed E-state index contributed by atoms with van der Waals surface area (Å²) in [7, 11) is 1.81. The molecular weight excluding hydrogens is 268 g/mol. The second kappa shape index (κ2) is 6.56. The highest BCUT2D eigenvalue weighted by atomic mass is 32.1. The molecule has 1 aromatic rings. The first-order chi connectivity index (χ1) is 9.45. The molecule has 1 fully saturated rings. The quantitative estimate of drug-likeness (QED) is 0.927. The third-order valence-corrected chi connectivity index (χ3v) is 5.71. The number of piperidine rings is 1. The van der Waals surface area contributed by atoms with E-state index < -0.39 is 0 Å². The summed E-state index contributed by atoms with van der Waals surface area (Å²) in [5.74, 6) is 0. The van der Waals surface area contributed by atoms with Gasteiger partial charge >= 0.3 is 0 Å². The molecule has 1 aliphatic heterocycles. The van der Waals surface area contributed by atoms with Crippen molar-refractivity contribution in [3.05, 3.63) is 21.9 Å². The van der Waals surface area contributed by atoms with Crippen LogP contribution in [0.3, 0.4) is 0 Å². The molecule has 2 unspecified atom stereocenters. The fourth-order valence-corrected chi connectivity index (χ4v) is 4.04. The van der Waals surface area contributed by atoms with E-state index >= 15 is 0 Å². The van der Waals surface area contributed by atoms with E-state index in [0.29, 0.717) is 18.7 Å². The highest BCUT2D eigenvalue weighted by Crippen LogP contribution is 2.35. The van der Waals surface area contributed by atoms with Gasteiger partial charge in [-0.3, -0.25) is 4.90 Å². The number of likely N-dealkylation sites (tertiary alicyclic amines) is 1. The lowest BCUT2D eigenvalue weighted by Gasteiger charge is -2.37. The Morgan fingerprint density at radius 2 is 2.20 bits per heavy atom. The first-order valence-electron chi connectivity index (χ1n) is 7.53. The van der Waals surface area contributed by atoms with Crippen molar-refractivity contribution < 1.29 is 4.74 Å². The van der Waals surface area contributed by atoms with Crippen molar-refractivity contribution in [2.75, 3.05) is 26.7 Å². The second-order valence-electron chi connectivity index (χ2n) is 6.70. The van der Waals surface area contributed by atoms with Crippen molar-refractivity contribution in [3.63, 3.8) is 0 Å². The van der Waals surface area contributed by atoms with Gasteiger partial charge < -0.3 is 10.5 Å². The molecule has 1 aliphatic rings. The predicted octanol–water partition coefficient (Wildman–Crippen LogP) is 3.16. The van der Waals surface area contributed by atoms with E-state index in [0.717, 1.165) is 13.1 Å². The number of nitrogens with zero attached hydrogens (tertiary/aromatic N) is 1. The van der Waals surface area contributed by atoms with Gasteiger partial charge in [-0.1, -0.05) is 20.8 Å². The highest BCUT2D eigenvalue weighted by molar-refractivity contribution is 7.12. The first kappa shape index (κ1) is 16.0. The average Bonchev–Trinajstić information content (AvgIpc) is 2.89. The highest BCUT2D eigenvalue weighted by Gasteiger charge is 2.28. The Bertz CT molecular complexity index is 424. The Labute approximate surface area is 127 Å². The molecule has 0 amide bonds. The third kappa shape index (κ3) is 3.61. The Morgan fingerprint density at radius 1 is 1.45 bits per heavy atom. The van der Waals surface area contributed by atoms with Gasteiger partial charge in [-0.05, 0) is 36.9 Å². The minimum Gasteiger partial charge on any atom is -0.380 e. The number of nitrogens with two attached hydrogens (primary N) is 1. The van der Waals surface area contributed by atoms with Crippen LogP contribution in [0.15, 0.2) is 12.1 Å². The lowest BCUT2D eigenvalue weighted by atomic mass is 9.95. The van der Waals surface area contributed by atoms with E-state index in [1.807, 2.05) is 18.4 Å². The summed E-state index contributed by atoms with van der Waals surface area (Å²) >= 11 is 1.91. The zero-order valence-electron chi connectivity index (χ0n) is 13.2. The van der Waals surface area contributed by atoms with Crippen molar-refractivity contribution in [2.45, 2.75) is 51.2 Å². The number of methoxy groups -OCH3 is 1. The molecule has 0 aromatic carbocycles. The number of ether oxygens (including phenoxy) is 1. The molecular formula is C16H28N2OS. The van der Waals surface area contributed by atoms with Crippen LogP contribution < -0.4 is 5.73 Å². The van der Waals surface area contributed by atoms with E-state index in [2.05, 4.69) is 37.8 Å².